The van der Waals surface area contributed by atoms with Crippen LogP contribution in [0.3, 0.4) is 0 Å². The van der Waals surface area contributed by atoms with Crippen LogP contribution in [-0.2, 0) is 22.6 Å². The van der Waals surface area contributed by atoms with E-state index >= 15 is 0 Å². The van der Waals surface area contributed by atoms with Crippen LogP contribution in [0.15, 0.2) is 66.3 Å². The molecule has 0 radical (unpaired) electrons. The number of aromatic nitrogens is 1. The van der Waals surface area contributed by atoms with E-state index in [-0.39, 0.29) is 6.04 Å². The minimum atomic E-state index is -0.631. The predicted molar refractivity (Wildman–Crippen MR) is 114 cm³/mol. The highest BCUT2D eigenvalue weighted by Crippen LogP contribution is 2.36. The van der Waals surface area contributed by atoms with Crippen molar-refractivity contribution >= 4 is 28.8 Å². The normalized spacial score (nSPS) is 13.6. The molecule has 29 heavy (non-hydrogen) atoms. The van der Waals surface area contributed by atoms with Crippen LogP contribution in [-0.4, -0.2) is 29.9 Å². The van der Waals surface area contributed by atoms with E-state index in [4.69, 9.17) is 0 Å². The van der Waals surface area contributed by atoms with Crippen LogP contribution >= 0.6 is 11.3 Å². The number of fused-ring (bicyclic) bond motifs is 1. The second-order valence-corrected chi connectivity index (χ2v) is 7.83. The minimum Gasteiger partial charge on any atom is -0.361 e. The Morgan fingerprint density at radius 3 is 2.62 bits per heavy atom. The molecule has 2 amide bonds. The number of nitrogens with one attached hydrogen (secondary N) is 2. The molecule has 148 valence electrons. The molecule has 0 spiro atoms. The zero-order chi connectivity index (χ0) is 20.1. The number of hydrogen-bond acceptors (Lipinski definition) is 5. The van der Waals surface area contributed by atoms with Gasteiger partial charge in [-0.1, -0.05) is 24.3 Å². The van der Waals surface area contributed by atoms with E-state index < -0.39 is 11.8 Å². The highest BCUT2D eigenvalue weighted by molar-refractivity contribution is 7.10. The number of para-hydroxylation sites is 1. The Hall–Kier alpha value is -3.19. The van der Waals surface area contributed by atoms with Gasteiger partial charge in [-0.2, -0.15) is 0 Å². The van der Waals surface area contributed by atoms with Gasteiger partial charge in [0.05, 0.1) is 6.04 Å². The number of pyridine rings is 1. The SMILES string of the molecule is O=C(NCc1ccncc1)C(=O)NC[C@H](c1cccs1)N1CCc2ccccc21. The predicted octanol–water partition coefficient (Wildman–Crippen LogP) is 2.68. The van der Waals surface area contributed by atoms with E-state index in [9.17, 15) is 9.59 Å². The summed E-state index contributed by atoms with van der Waals surface area (Å²) in [5.74, 6) is -1.25. The summed E-state index contributed by atoms with van der Waals surface area (Å²) < 4.78 is 0. The van der Waals surface area contributed by atoms with Crippen molar-refractivity contribution in [1.82, 2.24) is 15.6 Å². The maximum atomic E-state index is 12.3. The van der Waals surface area contributed by atoms with Crippen LogP contribution in [0.5, 0.6) is 0 Å². The Bertz CT molecular complexity index is 975. The van der Waals surface area contributed by atoms with Crippen molar-refractivity contribution in [3.63, 3.8) is 0 Å². The average Bonchev–Trinajstić information content (AvgIpc) is 3.44. The van der Waals surface area contributed by atoms with Crippen molar-refractivity contribution in [2.75, 3.05) is 18.0 Å². The molecule has 0 bridgehead atoms. The van der Waals surface area contributed by atoms with Crippen molar-refractivity contribution < 1.29 is 9.59 Å². The van der Waals surface area contributed by atoms with Gasteiger partial charge in [-0.25, -0.2) is 0 Å². The summed E-state index contributed by atoms with van der Waals surface area (Å²) >= 11 is 1.66. The molecule has 1 aromatic carbocycles. The topological polar surface area (TPSA) is 74.3 Å². The number of carbonyl (C=O) groups is 2. The van der Waals surface area contributed by atoms with Gasteiger partial charge in [0.15, 0.2) is 0 Å². The van der Waals surface area contributed by atoms with Crippen LogP contribution < -0.4 is 15.5 Å². The van der Waals surface area contributed by atoms with Crippen molar-refractivity contribution in [3.05, 3.63) is 82.3 Å². The molecule has 0 saturated carbocycles. The Kier molecular flexibility index (Phi) is 5.86. The smallest absolute Gasteiger partial charge is 0.309 e. The molecule has 3 heterocycles. The van der Waals surface area contributed by atoms with Crippen LogP contribution in [0, 0.1) is 0 Å². The van der Waals surface area contributed by atoms with Crippen molar-refractivity contribution in [1.29, 1.82) is 0 Å². The number of carbonyl (C=O) groups excluding carboxylic acids is 2. The van der Waals surface area contributed by atoms with Crippen LogP contribution in [0.25, 0.3) is 0 Å². The van der Waals surface area contributed by atoms with Gasteiger partial charge in [-0.3, -0.25) is 14.6 Å². The molecule has 1 atom stereocenters. The molecule has 2 N–H and O–H groups in total. The minimum absolute atomic E-state index is 0.00408. The van der Waals surface area contributed by atoms with Gasteiger partial charge >= 0.3 is 11.8 Å². The third-order valence-corrected chi connectivity index (χ3v) is 6.01. The van der Waals surface area contributed by atoms with Crippen molar-refractivity contribution in [2.45, 2.75) is 19.0 Å². The Labute approximate surface area is 173 Å². The fourth-order valence-corrected chi connectivity index (χ4v) is 4.40. The van der Waals surface area contributed by atoms with Gasteiger partial charge in [0.2, 0.25) is 0 Å². The Morgan fingerprint density at radius 1 is 1.03 bits per heavy atom. The van der Waals surface area contributed by atoms with Gasteiger partial charge in [0, 0.05) is 42.6 Å². The van der Waals surface area contributed by atoms with E-state index in [2.05, 4.69) is 44.8 Å². The lowest BCUT2D eigenvalue weighted by atomic mass is 10.1. The number of thiophene rings is 1. The van der Waals surface area contributed by atoms with E-state index in [1.165, 1.54) is 16.1 Å². The van der Waals surface area contributed by atoms with Gasteiger partial charge in [-0.15, -0.1) is 11.3 Å². The van der Waals surface area contributed by atoms with Gasteiger partial charge in [0.25, 0.3) is 0 Å². The number of hydrogen-bond donors (Lipinski definition) is 2. The average molecular weight is 407 g/mol. The maximum Gasteiger partial charge on any atom is 0.309 e. The van der Waals surface area contributed by atoms with Crippen LogP contribution in [0.1, 0.15) is 22.0 Å². The maximum absolute atomic E-state index is 12.3. The largest absolute Gasteiger partial charge is 0.361 e. The fraction of sp³-hybridized carbons (Fsp3) is 0.227. The monoisotopic (exact) mass is 406 g/mol. The number of benzene rings is 1. The highest BCUT2D eigenvalue weighted by Gasteiger charge is 2.28. The van der Waals surface area contributed by atoms with Crippen LogP contribution in [0.2, 0.25) is 0 Å². The first-order valence-corrected chi connectivity index (χ1v) is 10.4. The lowest BCUT2D eigenvalue weighted by molar-refractivity contribution is -0.139. The first-order chi connectivity index (χ1) is 14.2. The number of amides is 2. The van der Waals surface area contributed by atoms with E-state index in [0.717, 1.165) is 18.5 Å². The molecular formula is C22H22N4O2S. The number of nitrogens with zero attached hydrogens (tertiary/aromatic N) is 2. The molecule has 3 aromatic rings. The molecule has 4 rings (SSSR count). The Balaban J connectivity index is 1.40. The standard InChI is InChI=1S/C22H22N4O2S/c27-21(24-14-16-7-10-23-11-8-16)22(28)25-15-19(20-6-3-13-29-20)26-12-9-17-4-1-2-5-18(17)26/h1-8,10-11,13,19H,9,12,14-15H2,(H,24,27)(H,25,28)/t19-/m1/s1. The van der Waals surface area contributed by atoms with E-state index in [0.29, 0.717) is 13.1 Å². The molecular weight excluding hydrogens is 384 g/mol. The van der Waals surface area contributed by atoms with Crippen molar-refractivity contribution in [3.8, 4) is 0 Å². The van der Waals surface area contributed by atoms with E-state index in [1.54, 1.807) is 35.9 Å². The molecule has 0 fully saturated rings. The second kappa shape index (κ2) is 8.87. The summed E-state index contributed by atoms with van der Waals surface area (Å²) in [6.45, 7) is 1.56. The third-order valence-electron chi connectivity index (χ3n) is 5.04. The molecule has 2 aromatic heterocycles. The first kappa shape index (κ1) is 19.1. The lowest BCUT2D eigenvalue weighted by Gasteiger charge is -2.30. The molecule has 0 aliphatic carbocycles. The molecule has 0 saturated heterocycles. The quantitative estimate of drug-likeness (QED) is 0.618. The van der Waals surface area contributed by atoms with Crippen molar-refractivity contribution in [2.24, 2.45) is 0 Å². The van der Waals surface area contributed by atoms with Crippen LogP contribution in [0.4, 0.5) is 5.69 Å². The first-order valence-electron chi connectivity index (χ1n) is 9.55. The van der Waals surface area contributed by atoms with Gasteiger partial charge in [0.1, 0.15) is 0 Å². The highest BCUT2D eigenvalue weighted by atomic mass is 32.1. The summed E-state index contributed by atoms with van der Waals surface area (Å²) in [6, 6.07) is 16.0. The molecule has 7 heteroatoms. The molecule has 0 unspecified atom stereocenters. The van der Waals surface area contributed by atoms with Gasteiger partial charge < -0.3 is 15.5 Å². The molecule has 1 aliphatic heterocycles. The molecule has 6 nitrogen and oxygen atoms in total. The van der Waals surface area contributed by atoms with Gasteiger partial charge in [-0.05, 0) is 47.2 Å². The Morgan fingerprint density at radius 2 is 1.83 bits per heavy atom. The summed E-state index contributed by atoms with van der Waals surface area (Å²) in [4.78, 5) is 32.0. The summed E-state index contributed by atoms with van der Waals surface area (Å²) in [5.41, 5.74) is 3.41. The number of anilines is 1. The summed E-state index contributed by atoms with van der Waals surface area (Å²) in [5, 5.41) is 7.50. The summed E-state index contributed by atoms with van der Waals surface area (Å²) in [7, 11) is 0. The van der Waals surface area contributed by atoms with E-state index in [1.807, 2.05) is 17.5 Å². The molecule has 1 aliphatic rings. The summed E-state index contributed by atoms with van der Waals surface area (Å²) in [6.07, 6.45) is 4.29. The zero-order valence-electron chi connectivity index (χ0n) is 15.9. The lowest BCUT2D eigenvalue weighted by Crippen LogP contribution is -2.43. The second-order valence-electron chi connectivity index (χ2n) is 6.85. The third kappa shape index (κ3) is 4.46. The zero-order valence-corrected chi connectivity index (χ0v) is 16.7. The number of rotatable bonds is 6. The fourth-order valence-electron chi connectivity index (χ4n) is 3.57.